The largest absolute Gasteiger partial charge is 0.454 e. The predicted molar refractivity (Wildman–Crippen MR) is 102 cm³/mol. The summed E-state index contributed by atoms with van der Waals surface area (Å²) in [5, 5.41) is 2.72. The number of carbonyl (C=O) groups excluding carboxylic acids is 1. The fourth-order valence-corrected chi connectivity index (χ4v) is 4.06. The number of hydrogen-bond donors (Lipinski definition) is 1. The van der Waals surface area contributed by atoms with Crippen molar-refractivity contribution < 1.29 is 22.7 Å². The summed E-state index contributed by atoms with van der Waals surface area (Å²) in [6.45, 7) is 0.189. The Labute approximate surface area is 162 Å². The molecule has 0 spiro atoms. The average Bonchev–Trinajstić information content (AvgIpc) is 3.14. The summed E-state index contributed by atoms with van der Waals surface area (Å²) in [5.41, 5.74) is 0.839. The zero-order chi connectivity index (χ0) is 19.4. The van der Waals surface area contributed by atoms with Crippen LogP contribution in [-0.4, -0.2) is 45.3 Å². The van der Waals surface area contributed by atoms with E-state index in [0.717, 1.165) is 14.8 Å². The van der Waals surface area contributed by atoms with Crippen LogP contribution < -0.4 is 14.8 Å². The van der Waals surface area contributed by atoms with Gasteiger partial charge in [-0.3, -0.25) is 4.79 Å². The summed E-state index contributed by atoms with van der Waals surface area (Å²) in [7, 11) is -2.34. The minimum absolute atomic E-state index is 0.159. The maximum atomic E-state index is 12.6. The summed E-state index contributed by atoms with van der Waals surface area (Å²) in [6, 6.07) is 12.0. The van der Waals surface area contributed by atoms with E-state index in [1.807, 2.05) is 12.3 Å². The lowest BCUT2D eigenvalue weighted by molar-refractivity contribution is -0.121. The second kappa shape index (κ2) is 8.20. The molecule has 1 N–H and O–H groups in total. The maximum absolute atomic E-state index is 12.6. The normalized spacial score (nSPS) is 13.0. The zero-order valence-electron chi connectivity index (χ0n) is 15.0. The fraction of sp³-hybridized carbons (Fsp3) is 0.278. The second-order valence-corrected chi connectivity index (χ2v) is 8.83. The summed E-state index contributed by atoms with van der Waals surface area (Å²) in [6.07, 6.45) is 1.92. The van der Waals surface area contributed by atoms with Crippen LogP contribution >= 0.6 is 11.8 Å². The van der Waals surface area contributed by atoms with Crippen molar-refractivity contribution in [2.75, 3.05) is 26.6 Å². The summed E-state index contributed by atoms with van der Waals surface area (Å²) in [5.74, 6) is 0.915. The number of sulfonamides is 1. The fourth-order valence-electron chi connectivity index (χ4n) is 2.52. The van der Waals surface area contributed by atoms with E-state index in [-0.39, 0.29) is 30.7 Å². The van der Waals surface area contributed by atoms with E-state index in [0.29, 0.717) is 11.5 Å². The highest BCUT2D eigenvalue weighted by molar-refractivity contribution is 7.98. The van der Waals surface area contributed by atoms with Gasteiger partial charge in [-0.2, -0.15) is 4.31 Å². The first-order valence-electron chi connectivity index (χ1n) is 8.16. The monoisotopic (exact) mass is 408 g/mol. The molecule has 0 aliphatic carbocycles. The number of ether oxygens (including phenoxy) is 2. The Bertz CT molecular complexity index is 929. The predicted octanol–water partition coefficient (Wildman–Crippen LogP) is 2.07. The molecule has 9 heteroatoms. The molecule has 144 valence electrons. The molecule has 2 aromatic carbocycles. The molecule has 0 saturated heterocycles. The number of nitrogens with one attached hydrogen (secondary N) is 1. The first kappa shape index (κ1) is 19.5. The average molecular weight is 409 g/mol. The molecule has 0 radical (unpaired) electrons. The number of fused-ring (bicyclic) bond motifs is 1. The van der Waals surface area contributed by atoms with E-state index in [1.165, 1.54) is 18.8 Å². The van der Waals surface area contributed by atoms with Crippen molar-refractivity contribution in [1.82, 2.24) is 9.62 Å². The molecule has 1 aliphatic rings. The maximum Gasteiger partial charge on any atom is 0.243 e. The highest BCUT2D eigenvalue weighted by atomic mass is 32.2. The lowest BCUT2D eigenvalue weighted by Crippen LogP contribution is -2.38. The van der Waals surface area contributed by atoms with Crippen molar-refractivity contribution in [2.24, 2.45) is 0 Å². The number of carbonyl (C=O) groups is 1. The van der Waals surface area contributed by atoms with Crippen molar-refractivity contribution in [1.29, 1.82) is 0 Å². The van der Waals surface area contributed by atoms with Gasteiger partial charge in [0.2, 0.25) is 22.7 Å². The molecular formula is C18H20N2O5S2. The molecule has 0 bridgehead atoms. The molecule has 0 fully saturated rings. The lowest BCUT2D eigenvalue weighted by atomic mass is 10.2. The second-order valence-electron chi connectivity index (χ2n) is 5.90. The number of benzene rings is 2. The van der Waals surface area contributed by atoms with Crippen LogP contribution in [0.1, 0.15) is 5.56 Å². The van der Waals surface area contributed by atoms with Gasteiger partial charge in [0.25, 0.3) is 0 Å². The Morgan fingerprint density at radius 2 is 1.85 bits per heavy atom. The standard InChI is InChI=1S/C18H20N2O5S2/c1-20(27(22,23)15-6-4-14(26-2)5-7-15)11-18(21)19-10-13-3-8-16-17(9-13)25-12-24-16/h3-9H,10-12H2,1-2H3,(H,19,21). The number of hydrogen-bond acceptors (Lipinski definition) is 6. The van der Waals surface area contributed by atoms with Crippen LogP contribution in [0.25, 0.3) is 0 Å². The Morgan fingerprint density at radius 1 is 1.15 bits per heavy atom. The van der Waals surface area contributed by atoms with Gasteiger partial charge in [0.15, 0.2) is 11.5 Å². The third-order valence-electron chi connectivity index (χ3n) is 4.06. The highest BCUT2D eigenvalue weighted by Gasteiger charge is 2.23. The van der Waals surface area contributed by atoms with Crippen LogP contribution in [-0.2, 0) is 21.4 Å². The van der Waals surface area contributed by atoms with E-state index < -0.39 is 10.0 Å². The molecule has 1 aliphatic heterocycles. The molecule has 2 aromatic rings. The van der Waals surface area contributed by atoms with E-state index in [2.05, 4.69) is 5.32 Å². The number of likely N-dealkylation sites (N-methyl/N-ethyl adjacent to an activating group) is 1. The minimum Gasteiger partial charge on any atom is -0.454 e. The smallest absolute Gasteiger partial charge is 0.243 e. The first-order chi connectivity index (χ1) is 12.9. The van der Waals surface area contributed by atoms with Gasteiger partial charge in [-0.25, -0.2) is 8.42 Å². The number of thioether (sulfide) groups is 1. The van der Waals surface area contributed by atoms with Gasteiger partial charge < -0.3 is 14.8 Å². The molecule has 1 heterocycles. The molecule has 0 aromatic heterocycles. The van der Waals surface area contributed by atoms with Gasteiger partial charge in [0.05, 0.1) is 11.4 Å². The van der Waals surface area contributed by atoms with Crippen molar-refractivity contribution in [2.45, 2.75) is 16.3 Å². The minimum atomic E-state index is -3.72. The summed E-state index contributed by atoms with van der Waals surface area (Å²) < 4.78 is 36.7. The van der Waals surface area contributed by atoms with Crippen LogP contribution in [0, 0.1) is 0 Å². The van der Waals surface area contributed by atoms with E-state index in [4.69, 9.17) is 9.47 Å². The van der Waals surface area contributed by atoms with Gasteiger partial charge in [-0.15, -0.1) is 11.8 Å². The molecular weight excluding hydrogens is 388 g/mol. The molecule has 3 rings (SSSR count). The molecule has 0 atom stereocenters. The Kier molecular flexibility index (Phi) is 5.93. The molecule has 1 amide bonds. The Morgan fingerprint density at radius 3 is 2.56 bits per heavy atom. The number of rotatable bonds is 7. The van der Waals surface area contributed by atoms with E-state index in [1.54, 1.807) is 36.4 Å². The topological polar surface area (TPSA) is 84.9 Å². The number of amides is 1. The van der Waals surface area contributed by atoms with Crippen molar-refractivity contribution >= 4 is 27.7 Å². The van der Waals surface area contributed by atoms with Crippen LogP contribution in [0.5, 0.6) is 11.5 Å². The first-order valence-corrected chi connectivity index (χ1v) is 10.8. The van der Waals surface area contributed by atoms with Crippen LogP contribution in [0.3, 0.4) is 0 Å². The van der Waals surface area contributed by atoms with E-state index >= 15 is 0 Å². The van der Waals surface area contributed by atoms with Crippen molar-refractivity contribution in [3.05, 3.63) is 48.0 Å². The van der Waals surface area contributed by atoms with Gasteiger partial charge in [0.1, 0.15) is 0 Å². The SMILES string of the molecule is CSc1ccc(S(=O)(=O)N(C)CC(=O)NCc2ccc3c(c2)OCO3)cc1. The van der Waals surface area contributed by atoms with Gasteiger partial charge in [-0.05, 0) is 48.2 Å². The Hall–Kier alpha value is -2.23. The van der Waals surface area contributed by atoms with Crippen LogP contribution in [0.2, 0.25) is 0 Å². The van der Waals surface area contributed by atoms with Gasteiger partial charge >= 0.3 is 0 Å². The number of nitrogens with zero attached hydrogens (tertiary/aromatic N) is 1. The van der Waals surface area contributed by atoms with E-state index in [9.17, 15) is 13.2 Å². The third kappa shape index (κ3) is 4.55. The third-order valence-corrected chi connectivity index (χ3v) is 6.62. The molecule has 27 heavy (non-hydrogen) atoms. The van der Waals surface area contributed by atoms with Gasteiger partial charge in [0, 0.05) is 18.5 Å². The summed E-state index contributed by atoms with van der Waals surface area (Å²) in [4.78, 5) is 13.3. The van der Waals surface area contributed by atoms with Crippen molar-refractivity contribution in [3.63, 3.8) is 0 Å². The van der Waals surface area contributed by atoms with Crippen LogP contribution in [0.15, 0.2) is 52.3 Å². The zero-order valence-corrected chi connectivity index (χ0v) is 16.6. The van der Waals surface area contributed by atoms with Crippen LogP contribution in [0.4, 0.5) is 0 Å². The molecule has 7 nitrogen and oxygen atoms in total. The molecule has 0 unspecified atom stereocenters. The quantitative estimate of drug-likeness (QED) is 0.706. The summed E-state index contributed by atoms with van der Waals surface area (Å²) >= 11 is 1.53. The van der Waals surface area contributed by atoms with Gasteiger partial charge in [-0.1, -0.05) is 6.07 Å². The van der Waals surface area contributed by atoms with Crippen molar-refractivity contribution in [3.8, 4) is 11.5 Å². The Balaban J connectivity index is 1.57. The highest BCUT2D eigenvalue weighted by Crippen LogP contribution is 2.32. The molecule has 0 saturated carbocycles. The lowest BCUT2D eigenvalue weighted by Gasteiger charge is -2.17.